The van der Waals surface area contributed by atoms with Gasteiger partial charge in [-0.05, 0) is 24.3 Å². The van der Waals surface area contributed by atoms with E-state index in [0.29, 0.717) is 5.16 Å². The Balaban J connectivity index is 2.22. The van der Waals surface area contributed by atoms with Gasteiger partial charge in [-0.3, -0.25) is 4.79 Å². The van der Waals surface area contributed by atoms with E-state index in [2.05, 4.69) is 10.2 Å². The summed E-state index contributed by atoms with van der Waals surface area (Å²) in [5.41, 5.74) is 7.24. The van der Waals surface area contributed by atoms with E-state index < -0.39 is 0 Å². The highest BCUT2D eigenvalue weighted by atomic mass is 32.2. The fourth-order valence-corrected chi connectivity index (χ4v) is 2.39. The lowest BCUT2D eigenvalue weighted by Gasteiger charge is -2.12. The number of hydrogen-bond acceptors (Lipinski definition) is 5. The normalized spacial score (nSPS) is 10.6. The van der Waals surface area contributed by atoms with Gasteiger partial charge in [0.15, 0.2) is 11.0 Å². The van der Waals surface area contributed by atoms with Crippen molar-refractivity contribution in [3.63, 3.8) is 0 Å². The largest absolute Gasteiger partial charge is 0.378 e. The first-order chi connectivity index (χ1) is 9.49. The first-order valence-electron chi connectivity index (χ1n) is 6.07. The molecule has 7 heteroatoms. The molecule has 0 saturated heterocycles. The van der Waals surface area contributed by atoms with E-state index >= 15 is 0 Å². The minimum Gasteiger partial charge on any atom is -0.378 e. The third-order valence-electron chi connectivity index (χ3n) is 2.82. The molecule has 1 amide bonds. The molecule has 0 aliphatic heterocycles. The Morgan fingerprint density at radius 3 is 2.50 bits per heavy atom. The Kier molecular flexibility index (Phi) is 4.29. The molecule has 0 aliphatic rings. The lowest BCUT2D eigenvalue weighted by molar-refractivity contribution is -0.115. The Bertz CT molecular complexity index is 606. The summed E-state index contributed by atoms with van der Waals surface area (Å²) in [6.45, 7) is 0. The number of aromatic nitrogens is 3. The molecular weight excluding hydrogens is 274 g/mol. The zero-order chi connectivity index (χ0) is 14.7. The molecule has 0 radical (unpaired) electrons. The van der Waals surface area contributed by atoms with Crippen LogP contribution in [0.5, 0.6) is 0 Å². The van der Waals surface area contributed by atoms with E-state index in [4.69, 9.17) is 5.73 Å². The van der Waals surface area contributed by atoms with Gasteiger partial charge in [-0.1, -0.05) is 11.8 Å². The SMILES string of the molecule is CN(C)c1ccc(-c2nnc(SCC(N)=O)n2C)cc1. The summed E-state index contributed by atoms with van der Waals surface area (Å²) in [6.07, 6.45) is 0. The van der Waals surface area contributed by atoms with Crippen LogP contribution in [0.3, 0.4) is 0 Å². The van der Waals surface area contributed by atoms with Crippen LogP contribution in [-0.4, -0.2) is 40.5 Å². The molecule has 0 atom stereocenters. The van der Waals surface area contributed by atoms with Crippen molar-refractivity contribution in [2.24, 2.45) is 12.8 Å². The van der Waals surface area contributed by atoms with E-state index in [-0.39, 0.29) is 11.7 Å². The Morgan fingerprint density at radius 1 is 1.30 bits per heavy atom. The molecule has 2 aromatic rings. The minimum atomic E-state index is -0.366. The van der Waals surface area contributed by atoms with Crippen molar-refractivity contribution in [3.05, 3.63) is 24.3 Å². The second kappa shape index (κ2) is 5.96. The van der Waals surface area contributed by atoms with Gasteiger partial charge in [-0.2, -0.15) is 0 Å². The molecule has 1 aromatic carbocycles. The number of primary amides is 1. The van der Waals surface area contributed by atoms with Crippen LogP contribution in [-0.2, 0) is 11.8 Å². The van der Waals surface area contributed by atoms with Crippen LogP contribution in [0.25, 0.3) is 11.4 Å². The summed E-state index contributed by atoms with van der Waals surface area (Å²) in [6, 6.07) is 8.06. The van der Waals surface area contributed by atoms with E-state index in [1.807, 2.05) is 54.9 Å². The topological polar surface area (TPSA) is 77.0 Å². The number of anilines is 1. The number of amides is 1. The number of thioether (sulfide) groups is 1. The molecule has 2 rings (SSSR count). The summed E-state index contributed by atoms with van der Waals surface area (Å²) < 4.78 is 1.86. The number of carbonyl (C=O) groups is 1. The second-order valence-electron chi connectivity index (χ2n) is 4.56. The first-order valence-corrected chi connectivity index (χ1v) is 7.06. The highest BCUT2D eigenvalue weighted by Gasteiger charge is 2.12. The zero-order valence-corrected chi connectivity index (χ0v) is 12.5. The molecule has 106 valence electrons. The van der Waals surface area contributed by atoms with Crippen LogP contribution in [0.1, 0.15) is 0 Å². The van der Waals surface area contributed by atoms with Gasteiger partial charge in [0.25, 0.3) is 0 Å². The van der Waals surface area contributed by atoms with Gasteiger partial charge in [0.05, 0.1) is 5.75 Å². The molecule has 0 unspecified atom stereocenters. The van der Waals surface area contributed by atoms with Crippen LogP contribution in [0.2, 0.25) is 0 Å². The smallest absolute Gasteiger partial charge is 0.227 e. The summed E-state index contributed by atoms with van der Waals surface area (Å²) in [5, 5.41) is 8.92. The van der Waals surface area contributed by atoms with Gasteiger partial charge >= 0.3 is 0 Å². The Morgan fingerprint density at radius 2 is 1.95 bits per heavy atom. The predicted molar refractivity (Wildman–Crippen MR) is 80.7 cm³/mol. The van der Waals surface area contributed by atoms with Crippen LogP contribution in [0.15, 0.2) is 29.4 Å². The van der Waals surface area contributed by atoms with E-state index in [1.165, 1.54) is 11.8 Å². The number of benzene rings is 1. The monoisotopic (exact) mass is 291 g/mol. The number of nitrogens with two attached hydrogens (primary N) is 1. The van der Waals surface area contributed by atoms with Crippen molar-refractivity contribution in [2.45, 2.75) is 5.16 Å². The maximum absolute atomic E-state index is 10.8. The summed E-state index contributed by atoms with van der Waals surface area (Å²) in [4.78, 5) is 12.8. The quantitative estimate of drug-likeness (QED) is 0.836. The van der Waals surface area contributed by atoms with Crippen molar-refractivity contribution in [3.8, 4) is 11.4 Å². The number of carbonyl (C=O) groups excluding carboxylic acids is 1. The van der Waals surface area contributed by atoms with Gasteiger partial charge in [0.2, 0.25) is 5.91 Å². The fraction of sp³-hybridized carbons (Fsp3) is 0.308. The highest BCUT2D eigenvalue weighted by Crippen LogP contribution is 2.24. The third kappa shape index (κ3) is 3.11. The molecule has 0 spiro atoms. The average Bonchev–Trinajstić information content (AvgIpc) is 2.78. The molecule has 1 aromatic heterocycles. The summed E-state index contributed by atoms with van der Waals surface area (Å²) >= 11 is 1.29. The molecule has 6 nitrogen and oxygen atoms in total. The molecule has 20 heavy (non-hydrogen) atoms. The first kappa shape index (κ1) is 14.4. The van der Waals surface area contributed by atoms with Crippen molar-refractivity contribution in [1.82, 2.24) is 14.8 Å². The van der Waals surface area contributed by atoms with Crippen LogP contribution < -0.4 is 10.6 Å². The number of hydrogen-bond donors (Lipinski definition) is 1. The van der Waals surface area contributed by atoms with Gasteiger partial charge < -0.3 is 15.2 Å². The standard InChI is InChI=1S/C13H17N5OS/c1-17(2)10-6-4-9(5-7-10)12-15-16-13(18(12)3)20-8-11(14)19/h4-7H,8H2,1-3H3,(H2,14,19). The van der Waals surface area contributed by atoms with Crippen molar-refractivity contribution < 1.29 is 4.79 Å². The Labute approximate surface area is 122 Å². The fourth-order valence-electron chi connectivity index (χ4n) is 1.74. The summed E-state index contributed by atoms with van der Waals surface area (Å²) in [7, 11) is 5.87. The van der Waals surface area contributed by atoms with E-state index in [9.17, 15) is 4.79 Å². The Hall–Kier alpha value is -2.02. The number of rotatable bonds is 5. The molecular formula is C13H17N5OS. The maximum Gasteiger partial charge on any atom is 0.227 e. The third-order valence-corrected chi connectivity index (χ3v) is 3.86. The number of nitrogens with zero attached hydrogens (tertiary/aromatic N) is 4. The van der Waals surface area contributed by atoms with E-state index in [1.54, 1.807) is 0 Å². The molecule has 0 bridgehead atoms. The van der Waals surface area contributed by atoms with Gasteiger partial charge in [-0.15, -0.1) is 10.2 Å². The minimum absolute atomic E-state index is 0.200. The van der Waals surface area contributed by atoms with Gasteiger partial charge in [0.1, 0.15) is 0 Å². The van der Waals surface area contributed by atoms with Crippen LogP contribution in [0.4, 0.5) is 5.69 Å². The molecule has 2 N–H and O–H groups in total. The highest BCUT2D eigenvalue weighted by molar-refractivity contribution is 7.99. The predicted octanol–water partition coefficient (Wildman–Crippen LogP) is 1.13. The van der Waals surface area contributed by atoms with Crippen LogP contribution >= 0.6 is 11.8 Å². The average molecular weight is 291 g/mol. The molecule has 0 saturated carbocycles. The van der Waals surface area contributed by atoms with Crippen molar-refractivity contribution >= 4 is 23.4 Å². The van der Waals surface area contributed by atoms with Crippen molar-refractivity contribution in [2.75, 3.05) is 24.7 Å². The maximum atomic E-state index is 10.8. The molecule has 1 heterocycles. The lowest BCUT2D eigenvalue weighted by Crippen LogP contribution is -2.13. The molecule has 0 fully saturated rings. The molecule has 0 aliphatic carbocycles. The van der Waals surface area contributed by atoms with Crippen molar-refractivity contribution in [1.29, 1.82) is 0 Å². The second-order valence-corrected chi connectivity index (χ2v) is 5.50. The van der Waals surface area contributed by atoms with Crippen LogP contribution in [0, 0.1) is 0 Å². The summed E-state index contributed by atoms with van der Waals surface area (Å²) in [5.74, 6) is 0.600. The van der Waals surface area contributed by atoms with Gasteiger partial charge in [0, 0.05) is 32.4 Å². The zero-order valence-electron chi connectivity index (χ0n) is 11.7. The van der Waals surface area contributed by atoms with E-state index in [0.717, 1.165) is 17.1 Å². The van der Waals surface area contributed by atoms with Gasteiger partial charge in [-0.25, -0.2) is 0 Å². The lowest BCUT2D eigenvalue weighted by atomic mass is 10.2.